The van der Waals surface area contributed by atoms with Gasteiger partial charge in [0.05, 0.1) is 6.54 Å². The first kappa shape index (κ1) is 18.0. The fourth-order valence-electron chi connectivity index (χ4n) is 5.46. The molecule has 0 saturated carbocycles. The van der Waals surface area contributed by atoms with Crippen molar-refractivity contribution in [3.05, 3.63) is 59.8 Å². The van der Waals surface area contributed by atoms with Crippen LogP contribution in [0.3, 0.4) is 0 Å². The Morgan fingerprint density at radius 1 is 1.07 bits per heavy atom. The van der Waals surface area contributed by atoms with E-state index in [1.807, 2.05) is 22.9 Å². The number of hydrogen-bond acceptors (Lipinski definition) is 5. The topological polar surface area (TPSA) is 56.6 Å². The summed E-state index contributed by atoms with van der Waals surface area (Å²) in [6.45, 7) is 2.21. The van der Waals surface area contributed by atoms with Gasteiger partial charge in [-0.05, 0) is 24.5 Å². The summed E-state index contributed by atoms with van der Waals surface area (Å²) in [5.74, 6) is 0.483. The molecule has 154 valence electrons. The Morgan fingerprint density at radius 2 is 1.87 bits per heavy atom. The van der Waals surface area contributed by atoms with E-state index in [1.165, 1.54) is 18.4 Å². The van der Waals surface area contributed by atoms with Gasteiger partial charge in [-0.2, -0.15) is 5.10 Å². The van der Waals surface area contributed by atoms with Gasteiger partial charge in [0.1, 0.15) is 24.0 Å². The summed E-state index contributed by atoms with van der Waals surface area (Å²) >= 11 is 0. The van der Waals surface area contributed by atoms with Crippen molar-refractivity contribution in [2.45, 2.75) is 57.0 Å². The average Bonchev–Trinajstić information content (AvgIpc) is 3.25. The minimum atomic E-state index is -0.307. The maximum Gasteiger partial charge on any atom is 0.359 e. The minimum absolute atomic E-state index is 0.0354. The number of benzene rings is 2. The van der Waals surface area contributed by atoms with Gasteiger partial charge >= 0.3 is 5.97 Å². The molecule has 2 unspecified atom stereocenters. The molecule has 0 spiro atoms. The van der Waals surface area contributed by atoms with Crippen molar-refractivity contribution in [1.82, 2.24) is 14.7 Å². The number of hydrogen-bond donors (Lipinski definition) is 0. The summed E-state index contributed by atoms with van der Waals surface area (Å²) in [5.41, 5.74) is 2.66. The molecule has 0 radical (unpaired) electrons. The molecule has 6 heteroatoms. The number of rotatable bonds is 4. The van der Waals surface area contributed by atoms with Crippen LogP contribution in [0.2, 0.25) is 0 Å². The SMILES string of the molecule is O=C(OC1CC2CCC(C1)N2Cc1ccccc1)c1nn2c3c(cccc13)OCC2. The van der Waals surface area contributed by atoms with E-state index in [9.17, 15) is 4.79 Å². The van der Waals surface area contributed by atoms with Crippen LogP contribution < -0.4 is 4.74 Å². The zero-order valence-corrected chi connectivity index (χ0v) is 16.9. The summed E-state index contributed by atoms with van der Waals surface area (Å²) < 4.78 is 13.6. The number of carbonyl (C=O) groups is 1. The van der Waals surface area contributed by atoms with Gasteiger partial charge in [-0.15, -0.1) is 0 Å². The molecule has 3 aliphatic heterocycles. The van der Waals surface area contributed by atoms with Gasteiger partial charge < -0.3 is 9.47 Å². The molecule has 1 aromatic heterocycles. The summed E-state index contributed by atoms with van der Waals surface area (Å²) in [7, 11) is 0. The average molecular weight is 403 g/mol. The third kappa shape index (κ3) is 2.98. The molecule has 3 aromatic rings. The van der Waals surface area contributed by atoms with Crippen molar-refractivity contribution in [3.63, 3.8) is 0 Å². The van der Waals surface area contributed by atoms with Crippen molar-refractivity contribution < 1.29 is 14.3 Å². The number of aromatic nitrogens is 2. The molecule has 2 fully saturated rings. The second kappa shape index (κ2) is 7.13. The Hall–Kier alpha value is -2.86. The van der Waals surface area contributed by atoms with Crippen LogP contribution in [0.5, 0.6) is 5.75 Å². The van der Waals surface area contributed by atoms with E-state index in [0.717, 1.165) is 36.0 Å². The van der Waals surface area contributed by atoms with E-state index in [0.29, 0.717) is 30.9 Å². The van der Waals surface area contributed by atoms with Crippen molar-refractivity contribution in [1.29, 1.82) is 0 Å². The maximum atomic E-state index is 13.0. The molecule has 2 atom stereocenters. The fourth-order valence-corrected chi connectivity index (χ4v) is 5.46. The highest BCUT2D eigenvalue weighted by atomic mass is 16.5. The molecule has 0 amide bonds. The summed E-state index contributed by atoms with van der Waals surface area (Å²) in [5, 5.41) is 5.38. The highest BCUT2D eigenvalue weighted by Crippen LogP contribution is 2.38. The van der Waals surface area contributed by atoms with Crippen LogP contribution in [0, 0.1) is 0 Å². The van der Waals surface area contributed by atoms with Gasteiger partial charge in [0.15, 0.2) is 5.69 Å². The Bertz CT molecular complexity index is 1080. The van der Waals surface area contributed by atoms with Crippen LogP contribution in [0.15, 0.2) is 48.5 Å². The molecule has 0 N–H and O–H groups in total. The molecule has 4 heterocycles. The number of nitrogens with zero attached hydrogens (tertiary/aromatic N) is 3. The molecule has 6 rings (SSSR count). The lowest BCUT2D eigenvalue weighted by molar-refractivity contribution is -0.00844. The molecular weight excluding hydrogens is 378 g/mol. The number of carbonyl (C=O) groups excluding carboxylic acids is 1. The summed E-state index contributed by atoms with van der Waals surface area (Å²) in [6, 6.07) is 17.4. The van der Waals surface area contributed by atoms with E-state index in [4.69, 9.17) is 9.47 Å². The molecular formula is C24H25N3O3. The van der Waals surface area contributed by atoms with E-state index >= 15 is 0 Å². The van der Waals surface area contributed by atoms with Crippen LogP contribution in [-0.2, 0) is 17.8 Å². The monoisotopic (exact) mass is 403 g/mol. The number of fused-ring (bicyclic) bond motifs is 2. The molecule has 6 nitrogen and oxygen atoms in total. The van der Waals surface area contributed by atoms with Gasteiger partial charge in [0, 0.05) is 36.9 Å². The third-order valence-corrected chi connectivity index (χ3v) is 6.81. The van der Waals surface area contributed by atoms with Crippen molar-refractivity contribution in [3.8, 4) is 5.75 Å². The van der Waals surface area contributed by atoms with Crippen LogP contribution in [0.4, 0.5) is 0 Å². The summed E-state index contributed by atoms with van der Waals surface area (Å²) in [6.07, 6.45) is 4.14. The maximum absolute atomic E-state index is 13.0. The second-order valence-corrected chi connectivity index (χ2v) is 8.61. The van der Waals surface area contributed by atoms with E-state index in [1.54, 1.807) is 0 Å². The molecule has 3 aliphatic rings. The van der Waals surface area contributed by atoms with Gasteiger partial charge in [-0.3, -0.25) is 9.58 Å². The number of para-hydroxylation sites is 1. The van der Waals surface area contributed by atoms with Crippen LogP contribution in [0.25, 0.3) is 10.9 Å². The highest BCUT2D eigenvalue weighted by Gasteiger charge is 2.42. The minimum Gasteiger partial charge on any atom is -0.489 e. The van der Waals surface area contributed by atoms with Gasteiger partial charge in [0.25, 0.3) is 0 Å². The summed E-state index contributed by atoms with van der Waals surface area (Å²) in [4.78, 5) is 15.6. The first-order valence-electron chi connectivity index (χ1n) is 10.9. The standard InChI is InChI=1S/C24H25N3O3/c28-24(22-20-7-4-8-21-23(20)27(25-22)11-12-29-21)30-19-13-17-9-10-18(14-19)26(17)15-16-5-2-1-3-6-16/h1-8,17-19H,9-15H2. The first-order valence-corrected chi connectivity index (χ1v) is 10.9. The predicted octanol–water partition coefficient (Wildman–Crippen LogP) is 3.78. The molecule has 30 heavy (non-hydrogen) atoms. The van der Waals surface area contributed by atoms with Crippen molar-refractivity contribution in [2.24, 2.45) is 0 Å². The third-order valence-electron chi connectivity index (χ3n) is 6.81. The van der Waals surface area contributed by atoms with E-state index in [2.05, 4.69) is 40.3 Å². The lowest BCUT2D eigenvalue weighted by atomic mass is 9.98. The number of ether oxygens (including phenoxy) is 2. The highest BCUT2D eigenvalue weighted by molar-refractivity contribution is 6.04. The molecule has 2 bridgehead atoms. The Balaban J connectivity index is 1.18. The Labute approximate surface area is 175 Å². The quantitative estimate of drug-likeness (QED) is 0.621. The van der Waals surface area contributed by atoms with Crippen LogP contribution >= 0.6 is 0 Å². The van der Waals surface area contributed by atoms with Crippen LogP contribution in [-0.4, -0.2) is 45.4 Å². The van der Waals surface area contributed by atoms with Crippen LogP contribution in [0.1, 0.15) is 41.7 Å². The van der Waals surface area contributed by atoms with Crippen molar-refractivity contribution in [2.75, 3.05) is 6.61 Å². The molecule has 0 aliphatic carbocycles. The lowest BCUT2D eigenvalue weighted by Crippen LogP contribution is -2.45. The number of esters is 1. The zero-order chi connectivity index (χ0) is 20.1. The predicted molar refractivity (Wildman–Crippen MR) is 112 cm³/mol. The molecule has 2 saturated heterocycles. The van der Waals surface area contributed by atoms with E-state index < -0.39 is 0 Å². The fraction of sp³-hybridized carbons (Fsp3) is 0.417. The Morgan fingerprint density at radius 3 is 2.67 bits per heavy atom. The van der Waals surface area contributed by atoms with E-state index in [-0.39, 0.29) is 12.1 Å². The largest absolute Gasteiger partial charge is 0.489 e. The van der Waals surface area contributed by atoms with Crippen molar-refractivity contribution >= 4 is 16.9 Å². The van der Waals surface area contributed by atoms with Gasteiger partial charge in [-0.25, -0.2) is 4.79 Å². The molecule has 2 aromatic carbocycles. The Kier molecular flexibility index (Phi) is 4.27. The zero-order valence-electron chi connectivity index (χ0n) is 16.9. The smallest absolute Gasteiger partial charge is 0.359 e. The van der Waals surface area contributed by atoms with Gasteiger partial charge in [-0.1, -0.05) is 42.5 Å². The number of piperidine rings is 1. The normalized spacial score (nSPS) is 25.3. The lowest BCUT2D eigenvalue weighted by Gasteiger charge is -2.38. The first-order chi connectivity index (χ1) is 14.8. The van der Waals surface area contributed by atoms with Gasteiger partial charge in [0.2, 0.25) is 0 Å². The second-order valence-electron chi connectivity index (χ2n) is 8.61.